The predicted molar refractivity (Wildman–Crippen MR) is 60.2 cm³/mol. The lowest BCUT2D eigenvalue weighted by atomic mass is 10.0. The minimum absolute atomic E-state index is 0.278. The number of fused-ring (bicyclic) bond motifs is 1. The Hall–Kier alpha value is -2.27. The van der Waals surface area contributed by atoms with Crippen LogP contribution in [0.1, 0.15) is 5.56 Å². The van der Waals surface area contributed by atoms with Crippen LogP contribution in [0.3, 0.4) is 0 Å². The van der Waals surface area contributed by atoms with E-state index in [2.05, 4.69) is 0 Å². The molecule has 0 saturated heterocycles. The third kappa shape index (κ3) is 1.68. The third-order valence-electron chi connectivity index (χ3n) is 2.31. The van der Waals surface area contributed by atoms with E-state index in [-0.39, 0.29) is 5.57 Å². The van der Waals surface area contributed by atoms with Crippen LogP contribution in [0.2, 0.25) is 0 Å². The SMILES string of the molecule is N#C/C(=C\O)c1ccc2ccccc2c1. The van der Waals surface area contributed by atoms with Crippen LogP contribution in [-0.2, 0) is 0 Å². The monoisotopic (exact) mass is 195 g/mol. The van der Waals surface area contributed by atoms with Crippen molar-refractivity contribution in [1.82, 2.24) is 0 Å². The van der Waals surface area contributed by atoms with E-state index in [0.29, 0.717) is 0 Å². The number of hydrogen-bond acceptors (Lipinski definition) is 2. The zero-order valence-corrected chi connectivity index (χ0v) is 8.01. The minimum atomic E-state index is 0.278. The van der Waals surface area contributed by atoms with E-state index in [0.717, 1.165) is 22.6 Å². The first-order valence-electron chi connectivity index (χ1n) is 4.59. The molecule has 72 valence electrons. The molecule has 0 spiro atoms. The second-order valence-electron chi connectivity index (χ2n) is 3.22. The van der Waals surface area contributed by atoms with E-state index >= 15 is 0 Å². The quantitative estimate of drug-likeness (QED) is 0.560. The third-order valence-corrected chi connectivity index (χ3v) is 2.31. The maximum atomic E-state index is 8.87. The summed E-state index contributed by atoms with van der Waals surface area (Å²) >= 11 is 0. The lowest BCUT2D eigenvalue weighted by Crippen LogP contribution is -1.82. The van der Waals surface area contributed by atoms with Gasteiger partial charge in [0.1, 0.15) is 6.07 Å². The van der Waals surface area contributed by atoms with Crippen molar-refractivity contribution in [2.45, 2.75) is 0 Å². The zero-order valence-electron chi connectivity index (χ0n) is 8.01. The van der Waals surface area contributed by atoms with Gasteiger partial charge in [-0.3, -0.25) is 0 Å². The molecule has 0 aliphatic rings. The van der Waals surface area contributed by atoms with Crippen LogP contribution in [0, 0.1) is 11.3 Å². The van der Waals surface area contributed by atoms with E-state index in [1.165, 1.54) is 0 Å². The average Bonchev–Trinajstić information content (AvgIpc) is 2.30. The number of allylic oxidation sites excluding steroid dienone is 1. The Balaban J connectivity index is 2.62. The molecule has 15 heavy (non-hydrogen) atoms. The van der Waals surface area contributed by atoms with Gasteiger partial charge in [0.25, 0.3) is 0 Å². The largest absolute Gasteiger partial charge is 0.514 e. The van der Waals surface area contributed by atoms with Gasteiger partial charge in [0.05, 0.1) is 11.8 Å². The Morgan fingerprint density at radius 3 is 2.53 bits per heavy atom. The second-order valence-corrected chi connectivity index (χ2v) is 3.22. The second kappa shape index (κ2) is 3.85. The summed E-state index contributed by atoms with van der Waals surface area (Å²) in [5.74, 6) is 0. The molecule has 0 saturated carbocycles. The molecule has 0 amide bonds. The van der Waals surface area contributed by atoms with Gasteiger partial charge in [-0.05, 0) is 22.4 Å². The first-order valence-corrected chi connectivity index (χ1v) is 4.59. The van der Waals surface area contributed by atoms with Crippen molar-refractivity contribution in [3.8, 4) is 6.07 Å². The summed E-state index contributed by atoms with van der Waals surface area (Å²) in [7, 11) is 0. The number of aliphatic hydroxyl groups is 1. The fraction of sp³-hybridized carbons (Fsp3) is 0. The number of benzene rings is 2. The van der Waals surface area contributed by atoms with Gasteiger partial charge < -0.3 is 5.11 Å². The van der Waals surface area contributed by atoms with Crippen LogP contribution in [0.5, 0.6) is 0 Å². The predicted octanol–water partition coefficient (Wildman–Crippen LogP) is 3.26. The Kier molecular flexibility index (Phi) is 2.38. The molecule has 0 aromatic heterocycles. The number of nitriles is 1. The minimum Gasteiger partial charge on any atom is -0.514 e. The van der Waals surface area contributed by atoms with E-state index in [1.807, 2.05) is 48.5 Å². The van der Waals surface area contributed by atoms with Crippen molar-refractivity contribution in [3.63, 3.8) is 0 Å². The van der Waals surface area contributed by atoms with Gasteiger partial charge >= 0.3 is 0 Å². The van der Waals surface area contributed by atoms with Crippen LogP contribution >= 0.6 is 0 Å². The van der Waals surface area contributed by atoms with Gasteiger partial charge in [-0.15, -0.1) is 0 Å². The van der Waals surface area contributed by atoms with E-state index in [1.54, 1.807) is 0 Å². The van der Waals surface area contributed by atoms with E-state index in [4.69, 9.17) is 10.4 Å². The van der Waals surface area contributed by atoms with Gasteiger partial charge in [0.15, 0.2) is 0 Å². The number of nitrogens with zero attached hydrogens (tertiary/aromatic N) is 1. The molecule has 0 aliphatic carbocycles. The zero-order chi connectivity index (χ0) is 10.7. The fourth-order valence-electron chi connectivity index (χ4n) is 1.52. The van der Waals surface area contributed by atoms with E-state index < -0.39 is 0 Å². The maximum absolute atomic E-state index is 8.87. The van der Waals surface area contributed by atoms with Crippen molar-refractivity contribution in [1.29, 1.82) is 5.26 Å². The molecule has 2 aromatic rings. The Morgan fingerprint density at radius 2 is 1.87 bits per heavy atom. The van der Waals surface area contributed by atoms with Gasteiger partial charge in [0.2, 0.25) is 0 Å². The molecular formula is C13H9NO. The van der Waals surface area contributed by atoms with Crippen LogP contribution in [0.25, 0.3) is 16.3 Å². The topological polar surface area (TPSA) is 44.0 Å². The summed E-state index contributed by atoms with van der Waals surface area (Å²) < 4.78 is 0. The molecule has 0 aliphatic heterocycles. The average molecular weight is 195 g/mol. The highest BCUT2D eigenvalue weighted by molar-refractivity contribution is 5.88. The highest BCUT2D eigenvalue weighted by atomic mass is 16.2. The van der Waals surface area contributed by atoms with Crippen LogP contribution in [-0.4, -0.2) is 5.11 Å². The molecule has 0 unspecified atom stereocenters. The lowest BCUT2D eigenvalue weighted by molar-refractivity contribution is 0.476. The maximum Gasteiger partial charge on any atom is 0.103 e. The van der Waals surface area contributed by atoms with Crippen LogP contribution in [0.4, 0.5) is 0 Å². The molecule has 1 N–H and O–H groups in total. The molecule has 2 heteroatoms. The molecule has 0 radical (unpaired) electrons. The molecular weight excluding hydrogens is 186 g/mol. The summed E-state index contributed by atoms with van der Waals surface area (Å²) in [5.41, 5.74) is 1.01. The highest BCUT2D eigenvalue weighted by Crippen LogP contribution is 2.20. The summed E-state index contributed by atoms with van der Waals surface area (Å²) in [6.07, 6.45) is 0.837. The number of hydrogen-bond donors (Lipinski definition) is 1. The standard InChI is InChI=1S/C13H9NO/c14-8-13(9-15)12-6-5-10-3-1-2-4-11(10)7-12/h1-7,9,15H/b13-9+. The Labute approximate surface area is 87.7 Å². The van der Waals surface area contributed by atoms with Crippen molar-refractivity contribution < 1.29 is 5.11 Å². The van der Waals surface area contributed by atoms with Crippen LogP contribution in [0.15, 0.2) is 48.7 Å². The Morgan fingerprint density at radius 1 is 1.13 bits per heavy atom. The first-order chi connectivity index (χ1) is 7.35. The lowest BCUT2D eigenvalue weighted by Gasteiger charge is -2.00. The summed E-state index contributed by atoms with van der Waals surface area (Å²) in [6.45, 7) is 0. The molecule has 0 atom stereocenters. The van der Waals surface area contributed by atoms with Gasteiger partial charge in [0, 0.05) is 0 Å². The van der Waals surface area contributed by atoms with Crippen LogP contribution < -0.4 is 0 Å². The summed E-state index contributed by atoms with van der Waals surface area (Å²) in [4.78, 5) is 0. The van der Waals surface area contributed by atoms with Gasteiger partial charge in [-0.2, -0.15) is 5.26 Å². The Bertz CT molecular complexity index is 564. The molecule has 0 fully saturated rings. The molecule has 2 aromatic carbocycles. The molecule has 2 nitrogen and oxygen atoms in total. The summed E-state index contributed by atoms with van der Waals surface area (Å²) in [5, 5.41) is 19.8. The van der Waals surface area contributed by atoms with E-state index in [9.17, 15) is 0 Å². The number of rotatable bonds is 1. The highest BCUT2D eigenvalue weighted by Gasteiger charge is 2.01. The molecule has 0 heterocycles. The number of aliphatic hydroxyl groups excluding tert-OH is 1. The smallest absolute Gasteiger partial charge is 0.103 e. The van der Waals surface area contributed by atoms with Crippen molar-refractivity contribution >= 4 is 16.3 Å². The molecule has 2 rings (SSSR count). The van der Waals surface area contributed by atoms with Gasteiger partial charge in [-0.25, -0.2) is 0 Å². The summed E-state index contributed by atoms with van der Waals surface area (Å²) in [6, 6.07) is 15.5. The first kappa shape index (κ1) is 9.29. The van der Waals surface area contributed by atoms with Crippen molar-refractivity contribution in [2.24, 2.45) is 0 Å². The van der Waals surface area contributed by atoms with Crippen molar-refractivity contribution in [2.75, 3.05) is 0 Å². The normalized spacial score (nSPS) is 11.3. The van der Waals surface area contributed by atoms with Gasteiger partial charge in [-0.1, -0.05) is 36.4 Å². The van der Waals surface area contributed by atoms with Crippen molar-refractivity contribution in [3.05, 3.63) is 54.3 Å². The molecule has 0 bridgehead atoms. The fourth-order valence-corrected chi connectivity index (χ4v) is 1.52.